The lowest BCUT2D eigenvalue weighted by Gasteiger charge is -2.33. The second kappa shape index (κ2) is 8.88. The first-order valence-electron chi connectivity index (χ1n) is 11.4. The molecule has 10 heteroatoms. The topological polar surface area (TPSA) is 74.3 Å². The number of benzene rings is 2. The van der Waals surface area contributed by atoms with Gasteiger partial charge in [0.25, 0.3) is 5.56 Å². The summed E-state index contributed by atoms with van der Waals surface area (Å²) in [6.45, 7) is 5.59. The number of aromatic nitrogens is 4. The summed E-state index contributed by atoms with van der Waals surface area (Å²) < 4.78 is 24.2. The Labute approximate surface area is 205 Å². The normalized spacial score (nSPS) is 15.5. The molecule has 0 unspecified atom stereocenters. The van der Waals surface area contributed by atoms with Crippen LogP contribution in [0.3, 0.4) is 0 Å². The molecule has 8 nitrogen and oxygen atoms in total. The molecule has 5 rings (SSSR count). The van der Waals surface area contributed by atoms with Gasteiger partial charge in [0.1, 0.15) is 11.6 Å². The molecule has 2 aromatic carbocycles. The van der Waals surface area contributed by atoms with Gasteiger partial charge in [-0.25, -0.2) is 9.18 Å². The van der Waals surface area contributed by atoms with Crippen molar-refractivity contribution in [2.24, 2.45) is 13.0 Å². The lowest BCUT2D eigenvalue weighted by Crippen LogP contribution is -2.40. The molecule has 0 saturated carbocycles. The quantitative estimate of drug-likeness (QED) is 0.418. The summed E-state index contributed by atoms with van der Waals surface area (Å²) in [5.41, 5.74) is 0.475. The standard InChI is InChI=1S/C25H25ClFN5O3/c1-4-35-17-10-8-16(9-11-17)30-12-15(2)13-31-21-22(28-24(30)31)29(3)25(34)32(23(21)33)14-18-19(26)6-5-7-20(18)27/h5-11,15H,4,12-14H2,1-3H3/t15-/m1/s1. The zero-order chi connectivity index (χ0) is 24.9. The zero-order valence-corrected chi connectivity index (χ0v) is 20.4. The number of hydrogen-bond donors (Lipinski definition) is 0. The van der Waals surface area contributed by atoms with Crippen LogP contribution in [0.25, 0.3) is 11.2 Å². The Bertz CT molecular complexity index is 1520. The third kappa shape index (κ3) is 3.89. The number of fused-ring (bicyclic) bond motifs is 3. The van der Waals surface area contributed by atoms with E-state index in [1.807, 2.05) is 40.7 Å². The summed E-state index contributed by atoms with van der Waals surface area (Å²) in [5, 5.41) is 0.157. The molecule has 1 atom stereocenters. The van der Waals surface area contributed by atoms with Gasteiger partial charge in [-0.05, 0) is 49.2 Å². The Kier molecular flexibility index (Phi) is 5.88. The van der Waals surface area contributed by atoms with E-state index in [0.29, 0.717) is 31.2 Å². The number of imidazole rings is 1. The van der Waals surface area contributed by atoms with E-state index in [4.69, 9.17) is 21.3 Å². The monoisotopic (exact) mass is 497 g/mol. The van der Waals surface area contributed by atoms with Crippen molar-refractivity contribution in [3.05, 3.63) is 79.7 Å². The minimum atomic E-state index is -0.585. The summed E-state index contributed by atoms with van der Waals surface area (Å²) in [6, 6.07) is 12.0. The molecule has 0 amide bonds. The van der Waals surface area contributed by atoms with E-state index in [9.17, 15) is 14.0 Å². The molecule has 4 aromatic rings. The Morgan fingerprint density at radius 1 is 1.14 bits per heavy atom. The first kappa shape index (κ1) is 23.2. The molecule has 1 aliphatic rings. The minimum absolute atomic E-state index is 0.0930. The molecule has 35 heavy (non-hydrogen) atoms. The Balaban J connectivity index is 1.68. The van der Waals surface area contributed by atoms with Crippen LogP contribution in [0.1, 0.15) is 19.4 Å². The molecule has 0 spiro atoms. The van der Waals surface area contributed by atoms with Crippen LogP contribution >= 0.6 is 11.6 Å². The van der Waals surface area contributed by atoms with E-state index in [0.717, 1.165) is 16.0 Å². The third-order valence-corrected chi connectivity index (χ3v) is 6.63. The molecule has 0 bridgehead atoms. The first-order valence-corrected chi connectivity index (χ1v) is 11.8. The predicted molar refractivity (Wildman–Crippen MR) is 134 cm³/mol. The molecule has 182 valence electrons. The van der Waals surface area contributed by atoms with Crippen LogP contribution in [0, 0.1) is 11.7 Å². The van der Waals surface area contributed by atoms with Crippen molar-refractivity contribution in [1.29, 1.82) is 0 Å². The largest absolute Gasteiger partial charge is 0.494 e. The number of aryl methyl sites for hydroxylation is 1. The van der Waals surface area contributed by atoms with E-state index < -0.39 is 17.1 Å². The average Bonchev–Trinajstić information content (AvgIpc) is 3.22. The highest BCUT2D eigenvalue weighted by atomic mass is 35.5. The first-order chi connectivity index (χ1) is 16.8. The van der Waals surface area contributed by atoms with Crippen LogP contribution in [0.4, 0.5) is 16.0 Å². The number of rotatable bonds is 5. The van der Waals surface area contributed by atoms with Crippen LogP contribution in [0.2, 0.25) is 5.02 Å². The third-order valence-electron chi connectivity index (χ3n) is 6.28. The van der Waals surface area contributed by atoms with Crippen molar-refractivity contribution in [3.8, 4) is 5.75 Å². The van der Waals surface area contributed by atoms with Gasteiger partial charge in [0, 0.05) is 36.4 Å². The van der Waals surface area contributed by atoms with Gasteiger partial charge in [0.05, 0.1) is 13.2 Å². The van der Waals surface area contributed by atoms with Crippen molar-refractivity contribution in [1.82, 2.24) is 18.7 Å². The van der Waals surface area contributed by atoms with Crippen LogP contribution < -0.4 is 20.9 Å². The van der Waals surface area contributed by atoms with Crippen LogP contribution in [0.15, 0.2) is 52.1 Å². The highest BCUT2D eigenvalue weighted by Crippen LogP contribution is 2.33. The number of nitrogens with zero attached hydrogens (tertiary/aromatic N) is 5. The Morgan fingerprint density at radius 2 is 1.89 bits per heavy atom. The second-order valence-corrected chi connectivity index (χ2v) is 9.18. The van der Waals surface area contributed by atoms with E-state index >= 15 is 0 Å². The number of anilines is 2. The fourth-order valence-electron chi connectivity index (χ4n) is 4.59. The highest BCUT2D eigenvalue weighted by molar-refractivity contribution is 6.31. The molecule has 1 aliphatic heterocycles. The fourth-order valence-corrected chi connectivity index (χ4v) is 4.82. The number of halogens is 2. The van der Waals surface area contributed by atoms with E-state index in [1.54, 1.807) is 7.05 Å². The predicted octanol–water partition coefficient (Wildman–Crippen LogP) is 3.92. The highest BCUT2D eigenvalue weighted by Gasteiger charge is 2.30. The van der Waals surface area contributed by atoms with Crippen molar-refractivity contribution in [3.63, 3.8) is 0 Å². The molecule has 0 N–H and O–H groups in total. The lowest BCUT2D eigenvalue weighted by atomic mass is 10.1. The van der Waals surface area contributed by atoms with Gasteiger partial charge >= 0.3 is 5.69 Å². The zero-order valence-electron chi connectivity index (χ0n) is 19.7. The van der Waals surface area contributed by atoms with Crippen molar-refractivity contribution in [2.45, 2.75) is 26.9 Å². The Morgan fingerprint density at radius 3 is 2.57 bits per heavy atom. The number of ether oxygens (including phenoxy) is 1. The van der Waals surface area contributed by atoms with Gasteiger partial charge in [-0.15, -0.1) is 0 Å². The summed E-state index contributed by atoms with van der Waals surface area (Å²) in [6.07, 6.45) is 0. The van der Waals surface area contributed by atoms with Gasteiger partial charge in [0.2, 0.25) is 5.95 Å². The van der Waals surface area contributed by atoms with Gasteiger partial charge in [0.15, 0.2) is 11.2 Å². The molecule has 0 radical (unpaired) electrons. The van der Waals surface area contributed by atoms with Crippen LogP contribution in [-0.2, 0) is 20.1 Å². The molecule has 0 saturated heterocycles. The summed E-state index contributed by atoms with van der Waals surface area (Å²) in [4.78, 5) is 33.5. The maximum absolute atomic E-state index is 14.5. The molecular weight excluding hydrogens is 473 g/mol. The average molecular weight is 498 g/mol. The summed E-state index contributed by atoms with van der Waals surface area (Å²) >= 11 is 6.18. The fraction of sp³-hybridized carbons (Fsp3) is 0.320. The van der Waals surface area contributed by atoms with Crippen molar-refractivity contribution >= 4 is 34.4 Å². The van der Waals surface area contributed by atoms with Gasteiger partial charge in [-0.1, -0.05) is 24.6 Å². The van der Waals surface area contributed by atoms with Crippen molar-refractivity contribution in [2.75, 3.05) is 18.1 Å². The van der Waals surface area contributed by atoms with Gasteiger partial charge in [-0.2, -0.15) is 4.98 Å². The van der Waals surface area contributed by atoms with Crippen LogP contribution in [0.5, 0.6) is 5.75 Å². The maximum atomic E-state index is 14.5. The molecular formula is C25H25ClFN5O3. The van der Waals surface area contributed by atoms with E-state index in [-0.39, 0.29) is 28.7 Å². The molecule has 2 aromatic heterocycles. The maximum Gasteiger partial charge on any atom is 0.332 e. The van der Waals surface area contributed by atoms with Gasteiger partial charge in [-0.3, -0.25) is 13.9 Å². The summed E-state index contributed by atoms with van der Waals surface area (Å²) in [7, 11) is 1.56. The van der Waals surface area contributed by atoms with E-state index in [2.05, 4.69) is 6.92 Å². The lowest BCUT2D eigenvalue weighted by molar-refractivity contribution is 0.340. The Hall–Kier alpha value is -3.59. The smallest absolute Gasteiger partial charge is 0.332 e. The van der Waals surface area contributed by atoms with Crippen molar-refractivity contribution < 1.29 is 9.13 Å². The van der Waals surface area contributed by atoms with E-state index in [1.165, 1.54) is 22.8 Å². The SMILES string of the molecule is CCOc1ccc(N2C[C@@H](C)Cn3c2nc2c3c(=O)n(Cc3c(F)cccc3Cl)c(=O)n2C)cc1. The second-order valence-electron chi connectivity index (χ2n) is 8.77. The summed E-state index contributed by atoms with van der Waals surface area (Å²) in [5.74, 6) is 0.984. The molecule has 3 heterocycles. The minimum Gasteiger partial charge on any atom is -0.494 e. The molecule has 0 fully saturated rings. The molecule has 0 aliphatic carbocycles. The number of hydrogen-bond acceptors (Lipinski definition) is 5. The van der Waals surface area contributed by atoms with Crippen LogP contribution in [-0.4, -0.2) is 31.8 Å². The van der Waals surface area contributed by atoms with Gasteiger partial charge < -0.3 is 14.2 Å².